The summed E-state index contributed by atoms with van der Waals surface area (Å²) in [5, 5.41) is 0.470. The van der Waals surface area contributed by atoms with Gasteiger partial charge in [0.2, 0.25) is 10.0 Å². The SMILES string of the molecule is C=CCN1CCN(C2CCN(S(=O)(=O)c3ccc(Cl)c(Cl)c3)CC2)C(=O)C1=O. The van der Waals surface area contributed by atoms with E-state index in [2.05, 4.69) is 6.58 Å². The summed E-state index contributed by atoms with van der Waals surface area (Å²) in [6, 6.07) is 4.07. The molecular formula is C18H21Cl2N3O4S. The molecular weight excluding hydrogens is 425 g/mol. The fourth-order valence-electron chi connectivity index (χ4n) is 3.55. The number of rotatable bonds is 5. The van der Waals surface area contributed by atoms with E-state index in [1.54, 1.807) is 11.0 Å². The van der Waals surface area contributed by atoms with Gasteiger partial charge in [0.05, 0.1) is 14.9 Å². The standard InChI is InChI=1S/C18H21Cl2N3O4S/c1-2-7-21-10-11-23(18(25)17(21)24)13-5-8-22(9-6-13)28(26,27)14-3-4-15(19)16(20)12-14/h2-4,12-13H,1,5-11H2. The lowest BCUT2D eigenvalue weighted by Gasteiger charge is -2.41. The van der Waals surface area contributed by atoms with E-state index in [1.807, 2.05) is 0 Å². The predicted octanol–water partition coefficient (Wildman–Crippen LogP) is 2.00. The van der Waals surface area contributed by atoms with Crippen LogP contribution in [0.15, 0.2) is 35.7 Å². The molecule has 1 aromatic carbocycles. The molecule has 2 amide bonds. The molecule has 28 heavy (non-hydrogen) atoms. The molecule has 0 saturated carbocycles. The van der Waals surface area contributed by atoms with E-state index in [1.165, 1.54) is 27.4 Å². The molecule has 2 aliphatic rings. The van der Waals surface area contributed by atoms with Crippen LogP contribution in [0.5, 0.6) is 0 Å². The third-order valence-corrected chi connectivity index (χ3v) is 7.72. The van der Waals surface area contributed by atoms with Crippen LogP contribution >= 0.6 is 23.2 Å². The highest BCUT2D eigenvalue weighted by Crippen LogP contribution is 2.29. The molecule has 2 saturated heterocycles. The van der Waals surface area contributed by atoms with Gasteiger partial charge in [-0.15, -0.1) is 6.58 Å². The van der Waals surface area contributed by atoms with E-state index in [0.29, 0.717) is 32.5 Å². The summed E-state index contributed by atoms with van der Waals surface area (Å²) in [4.78, 5) is 27.7. The smallest absolute Gasteiger partial charge is 0.312 e. The van der Waals surface area contributed by atoms with Crippen LogP contribution in [-0.4, -0.2) is 73.1 Å². The van der Waals surface area contributed by atoms with Gasteiger partial charge in [0.25, 0.3) is 0 Å². The van der Waals surface area contributed by atoms with Crippen molar-refractivity contribution >= 4 is 45.0 Å². The second kappa shape index (κ2) is 8.41. The summed E-state index contributed by atoms with van der Waals surface area (Å²) in [5.74, 6) is -1.06. The average Bonchev–Trinajstić information content (AvgIpc) is 2.68. The van der Waals surface area contributed by atoms with E-state index in [0.717, 1.165) is 0 Å². The highest BCUT2D eigenvalue weighted by atomic mass is 35.5. The van der Waals surface area contributed by atoms with Crippen molar-refractivity contribution in [2.75, 3.05) is 32.7 Å². The molecule has 2 fully saturated rings. The summed E-state index contributed by atoms with van der Waals surface area (Å²) >= 11 is 11.8. The van der Waals surface area contributed by atoms with Gasteiger partial charge in [0, 0.05) is 38.8 Å². The molecule has 2 heterocycles. The average molecular weight is 446 g/mol. The molecule has 0 aromatic heterocycles. The molecule has 0 radical (unpaired) electrons. The lowest BCUT2D eigenvalue weighted by Crippen LogP contribution is -2.59. The van der Waals surface area contributed by atoms with Crippen LogP contribution in [0, 0.1) is 0 Å². The van der Waals surface area contributed by atoms with E-state index < -0.39 is 21.8 Å². The zero-order chi connectivity index (χ0) is 20.5. The highest BCUT2D eigenvalue weighted by Gasteiger charge is 2.38. The Morgan fingerprint density at radius 2 is 1.71 bits per heavy atom. The van der Waals surface area contributed by atoms with E-state index in [4.69, 9.17) is 23.2 Å². The van der Waals surface area contributed by atoms with Gasteiger partial charge in [0.1, 0.15) is 0 Å². The second-order valence-electron chi connectivity index (χ2n) is 6.75. The quantitative estimate of drug-likeness (QED) is 0.512. The van der Waals surface area contributed by atoms with Crippen molar-refractivity contribution in [3.8, 4) is 0 Å². The highest BCUT2D eigenvalue weighted by molar-refractivity contribution is 7.89. The Labute approximate surface area is 174 Å². The number of hydrogen-bond donors (Lipinski definition) is 0. The zero-order valence-electron chi connectivity index (χ0n) is 15.2. The molecule has 10 heteroatoms. The lowest BCUT2D eigenvalue weighted by atomic mass is 10.0. The van der Waals surface area contributed by atoms with Gasteiger partial charge in [-0.1, -0.05) is 29.3 Å². The molecule has 0 spiro atoms. The van der Waals surface area contributed by atoms with Crippen molar-refractivity contribution in [2.45, 2.75) is 23.8 Å². The van der Waals surface area contributed by atoms with Crippen molar-refractivity contribution < 1.29 is 18.0 Å². The molecule has 152 valence electrons. The Bertz CT molecular complexity index is 898. The largest absolute Gasteiger partial charge is 0.330 e. The van der Waals surface area contributed by atoms with Gasteiger partial charge in [0.15, 0.2) is 0 Å². The minimum Gasteiger partial charge on any atom is -0.330 e. The molecule has 2 aliphatic heterocycles. The van der Waals surface area contributed by atoms with Crippen LogP contribution in [0.25, 0.3) is 0 Å². The van der Waals surface area contributed by atoms with Crippen LogP contribution in [0.4, 0.5) is 0 Å². The number of piperazine rings is 1. The number of carbonyl (C=O) groups is 2. The summed E-state index contributed by atoms with van der Waals surface area (Å²) in [6.07, 6.45) is 2.54. The molecule has 7 nitrogen and oxygen atoms in total. The number of sulfonamides is 1. The molecule has 0 N–H and O–H groups in total. The molecule has 0 bridgehead atoms. The zero-order valence-corrected chi connectivity index (χ0v) is 17.5. The summed E-state index contributed by atoms with van der Waals surface area (Å²) in [5.41, 5.74) is 0. The fraction of sp³-hybridized carbons (Fsp3) is 0.444. The number of nitrogens with zero attached hydrogens (tertiary/aromatic N) is 3. The fourth-order valence-corrected chi connectivity index (χ4v) is 5.41. The minimum atomic E-state index is -3.70. The van der Waals surface area contributed by atoms with Crippen molar-refractivity contribution in [3.63, 3.8) is 0 Å². The Morgan fingerprint density at radius 1 is 1.04 bits per heavy atom. The molecule has 3 rings (SSSR count). The summed E-state index contributed by atoms with van der Waals surface area (Å²) in [6.45, 7) is 5.37. The number of hydrogen-bond acceptors (Lipinski definition) is 4. The van der Waals surface area contributed by atoms with Crippen LogP contribution in [0.1, 0.15) is 12.8 Å². The van der Waals surface area contributed by atoms with Crippen molar-refractivity contribution in [1.29, 1.82) is 0 Å². The van der Waals surface area contributed by atoms with Gasteiger partial charge < -0.3 is 9.80 Å². The summed E-state index contributed by atoms with van der Waals surface area (Å²) in [7, 11) is -3.70. The van der Waals surface area contributed by atoms with Crippen LogP contribution in [-0.2, 0) is 19.6 Å². The van der Waals surface area contributed by atoms with Crippen LogP contribution < -0.4 is 0 Å². The van der Waals surface area contributed by atoms with Crippen molar-refractivity contribution in [1.82, 2.24) is 14.1 Å². The number of amides is 2. The first-order chi connectivity index (χ1) is 13.3. The molecule has 0 unspecified atom stereocenters. The predicted molar refractivity (Wildman–Crippen MR) is 107 cm³/mol. The van der Waals surface area contributed by atoms with Crippen LogP contribution in [0.3, 0.4) is 0 Å². The lowest BCUT2D eigenvalue weighted by molar-refractivity contribution is -0.157. The van der Waals surface area contributed by atoms with Gasteiger partial charge in [-0.2, -0.15) is 4.31 Å². The Balaban J connectivity index is 1.66. The van der Waals surface area contributed by atoms with Crippen LogP contribution in [0.2, 0.25) is 10.0 Å². The number of piperidine rings is 1. The number of carbonyl (C=O) groups excluding carboxylic acids is 2. The first-order valence-electron chi connectivity index (χ1n) is 8.91. The van der Waals surface area contributed by atoms with Gasteiger partial charge >= 0.3 is 11.8 Å². The van der Waals surface area contributed by atoms with E-state index in [9.17, 15) is 18.0 Å². The maximum Gasteiger partial charge on any atom is 0.312 e. The normalized spacial score (nSPS) is 19.9. The topological polar surface area (TPSA) is 78.0 Å². The first-order valence-corrected chi connectivity index (χ1v) is 11.1. The Kier molecular flexibility index (Phi) is 6.34. The van der Waals surface area contributed by atoms with Gasteiger partial charge in [-0.25, -0.2) is 8.42 Å². The molecule has 1 aromatic rings. The minimum absolute atomic E-state index is 0.0876. The number of benzene rings is 1. The van der Waals surface area contributed by atoms with Crippen molar-refractivity contribution in [3.05, 3.63) is 40.9 Å². The number of halogens is 2. The Hall–Kier alpha value is -1.61. The second-order valence-corrected chi connectivity index (χ2v) is 9.50. The summed E-state index contributed by atoms with van der Waals surface area (Å²) < 4.78 is 27.1. The third-order valence-electron chi connectivity index (χ3n) is 5.08. The third kappa shape index (κ3) is 4.05. The van der Waals surface area contributed by atoms with Gasteiger partial charge in [-0.05, 0) is 31.0 Å². The van der Waals surface area contributed by atoms with E-state index >= 15 is 0 Å². The first kappa shape index (κ1) is 21.1. The molecule has 0 aliphatic carbocycles. The van der Waals surface area contributed by atoms with E-state index in [-0.39, 0.29) is 34.1 Å². The van der Waals surface area contributed by atoms with Crippen molar-refractivity contribution in [2.24, 2.45) is 0 Å². The molecule has 0 atom stereocenters. The van der Waals surface area contributed by atoms with Gasteiger partial charge in [-0.3, -0.25) is 9.59 Å². The maximum absolute atomic E-state index is 12.8. The monoisotopic (exact) mass is 445 g/mol. The maximum atomic E-state index is 12.8. The Morgan fingerprint density at radius 3 is 2.32 bits per heavy atom.